The Morgan fingerprint density at radius 1 is 1.30 bits per heavy atom. The second-order valence-corrected chi connectivity index (χ2v) is 8.06. The van der Waals surface area contributed by atoms with Gasteiger partial charge in [-0.25, -0.2) is 13.1 Å². The Hall–Kier alpha value is -0.470. The molecule has 1 N–H and O–H groups in total. The Balaban J connectivity index is 1.80. The molecule has 2 saturated heterocycles. The van der Waals surface area contributed by atoms with Crippen molar-refractivity contribution >= 4 is 26.0 Å². The predicted molar refractivity (Wildman–Crippen MR) is 77.2 cm³/mol. The maximum Gasteiger partial charge on any atom is 0.241 e. The Kier molecular flexibility index (Phi) is 3.89. The summed E-state index contributed by atoms with van der Waals surface area (Å²) in [6.45, 7) is 2.44. The van der Waals surface area contributed by atoms with E-state index >= 15 is 0 Å². The standard InChI is InChI=1S/C13H16BrNO4S/c1-8-2-4-10(5-3-8)20(16,17)15-12-11(14)6-9-7-18-13(12)19-9/h2-5,9,11-13,15H,6-7H2,1H3/t9-,11+,12+,13+/m0/s1. The van der Waals surface area contributed by atoms with Crippen LogP contribution in [0.4, 0.5) is 0 Å². The van der Waals surface area contributed by atoms with E-state index in [9.17, 15) is 8.42 Å². The zero-order valence-corrected chi connectivity index (χ0v) is 13.4. The first-order valence-corrected chi connectivity index (χ1v) is 8.86. The lowest BCUT2D eigenvalue weighted by molar-refractivity contribution is -0.0950. The third-order valence-corrected chi connectivity index (χ3v) is 5.99. The third-order valence-electron chi connectivity index (χ3n) is 3.57. The number of hydrogen-bond acceptors (Lipinski definition) is 4. The van der Waals surface area contributed by atoms with E-state index in [1.165, 1.54) is 0 Å². The predicted octanol–water partition coefficient (Wildman–Crippen LogP) is 1.55. The molecular formula is C13H16BrNO4S. The smallest absolute Gasteiger partial charge is 0.241 e. The van der Waals surface area contributed by atoms with Crippen molar-refractivity contribution in [1.29, 1.82) is 0 Å². The van der Waals surface area contributed by atoms with Crippen molar-refractivity contribution in [2.45, 2.75) is 41.5 Å². The van der Waals surface area contributed by atoms with Crippen molar-refractivity contribution in [3.8, 4) is 0 Å². The van der Waals surface area contributed by atoms with E-state index in [1.54, 1.807) is 24.3 Å². The first kappa shape index (κ1) is 14.5. The topological polar surface area (TPSA) is 64.6 Å². The number of rotatable bonds is 3. The van der Waals surface area contributed by atoms with Crippen molar-refractivity contribution in [3.63, 3.8) is 0 Å². The van der Waals surface area contributed by atoms with Gasteiger partial charge in [0.15, 0.2) is 6.29 Å². The van der Waals surface area contributed by atoms with E-state index in [0.717, 1.165) is 12.0 Å². The molecule has 0 radical (unpaired) electrons. The molecule has 0 saturated carbocycles. The lowest BCUT2D eigenvalue weighted by Gasteiger charge is -2.32. The minimum Gasteiger partial charge on any atom is -0.348 e. The van der Waals surface area contributed by atoms with Crippen LogP contribution in [0.1, 0.15) is 12.0 Å². The van der Waals surface area contributed by atoms with Gasteiger partial charge >= 0.3 is 0 Å². The van der Waals surface area contributed by atoms with Crippen LogP contribution >= 0.6 is 15.9 Å². The van der Waals surface area contributed by atoms with E-state index in [2.05, 4.69) is 20.7 Å². The minimum absolute atomic E-state index is 0.00831. The number of benzene rings is 1. The van der Waals surface area contributed by atoms with Crippen LogP contribution in [-0.2, 0) is 19.5 Å². The van der Waals surface area contributed by atoms with Crippen molar-refractivity contribution in [1.82, 2.24) is 4.72 Å². The zero-order chi connectivity index (χ0) is 14.3. The van der Waals surface area contributed by atoms with E-state index in [1.807, 2.05) is 6.92 Å². The van der Waals surface area contributed by atoms with Crippen LogP contribution in [0, 0.1) is 6.92 Å². The molecule has 2 bridgehead atoms. The average Bonchev–Trinajstić information content (AvgIpc) is 2.79. The van der Waals surface area contributed by atoms with Crippen molar-refractivity contribution in [2.24, 2.45) is 0 Å². The highest BCUT2D eigenvalue weighted by Crippen LogP contribution is 2.32. The molecule has 0 aromatic heterocycles. The van der Waals surface area contributed by atoms with Gasteiger partial charge in [-0.1, -0.05) is 33.6 Å². The molecule has 0 amide bonds. The summed E-state index contributed by atoms with van der Waals surface area (Å²) in [7, 11) is -3.57. The number of nitrogens with one attached hydrogen (secondary N) is 1. The van der Waals surface area contributed by atoms with Crippen LogP contribution in [-0.4, -0.2) is 38.3 Å². The molecule has 1 aromatic rings. The monoisotopic (exact) mass is 361 g/mol. The minimum atomic E-state index is -3.57. The Morgan fingerprint density at radius 2 is 2.00 bits per heavy atom. The number of sulfonamides is 1. The van der Waals surface area contributed by atoms with E-state index in [0.29, 0.717) is 6.61 Å². The van der Waals surface area contributed by atoms with Gasteiger partial charge in [-0.2, -0.15) is 0 Å². The lowest BCUT2D eigenvalue weighted by Crippen LogP contribution is -2.52. The highest BCUT2D eigenvalue weighted by Gasteiger charge is 2.44. The first-order valence-electron chi connectivity index (χ1n) is 6.46. The number of alkyl halides is 1. The number of ether oxygens (including phenoxy) is 2. The van der Waals surface area contributed by atoms with Crippen LogP contribution in [0.3, 0.4) is 0 Å². The maximum atomic E-state index is 12.4. The lowest BCUT2D eigenvalue weighted by atomic mass is 10.1. The summed E-state index contributed by atoms with van der Waals surface area (Å²) in [4.78, 5) is 0.261. The summed E-state index contributed by atoms with van der Waals surface area (Å²) in [5.41, 5.74) is 1.02. The Bertz CT molecular complexity index is 589. The average molecular weight is 362 g/mol. The summed E-state index contributed by atoms with van der Waals surface area (Å²) >= 11 is 3.53. The zero-order valence-electron chi connectivity index (χ0n) is 11.0. The van der Waals surface area contributed by atoms with Crippen LogP contribution in [0.15, 0.2) is 29.2 Å². The molecule has 2 fully saturated rings. The number of hydrogen-bond donors (Lipinski definition) is 1. The molecule has 3 rings (SSSR count). The molecule has 0 aliphatic carbocycles. The first-order chi connectivity index (χ1) is 9.45. The summed E-state index contributed by atoms with van der Waals surface area (Å²) in [5, 5.41) is 0. The second kappa shape index (κ2) is 5.38. The summed E-state index contributed by atoms with van der Waals surface area (Å²) in [6.07, 6.45) is 0.278. The van der Waals surface area contributed by atoms with Crippen LogP contribution < -0.4 is 4.72 Å². The second-order valence-electron chi connectivity index (χ2n) is 5.17. The highest BCUT2D eigenvalue weighted by atomic mass is 79.9. The molecule has 2 aliphatic rings. The molecular weight excluding hydrogens is 346 g/mol. The SMILES string of the molecule is Cc1ccc(S(=O)(=O)N[C@H]2[C@@H]3OC[C@H](C[C@H]2Br)O3)cc1. The van der Waals surface area contributed by atoms with Crippen molar-refractivity contribution in [2.75, 3.05) is 6.61 Å². The van der Waals surface area contributed by atoms with Crippen molar-refractivity contribution in [3.05, 3.63) is 29.8 Å². The molecule has 2 aliphatic heterocycles. The van der Waals surface area contributed by atoms with Crippen LogP contribution in [0.25, 0.3) is 0 Å². The summed E-state index contributed by atoms with van der Waals surface area (Å²) in [5.74, 6) is 0. The Labute approximate surface area is 126 Å². The summed E-state index contributed by atoms with van der Waals surface area (Å²) < 4.78 is 38.5. The maximum absolute atomic E-state index is 12.4. The fourth-order valence-electron chi connectivity index (χ4n) is 2.44. The molecule has 110 valence electrons. The molecule has 20 heavy (non-hydrogen) atoms. The van der Waals surface area contributed by atoms with Crippen molar-refractivity contribution < 1.29 is 17.9 Å². The van der Waals surface area contributed by atoms with Crippen LogP contribution in [0.2, 0.25) is 0 Å². The highest BCUT2D eigenvalue weighted by molar-refractivity contribution is 9.09. The fraction of sp³-hybridized carbons (Fsp3) is 0.538. The largest absolute Gasteiger partial charge is 0.348 e. The molecule has 0 unspecified atom stereocenters. The van der Waals surface area contributed by atoms with Gasteiger partial charge in [0.1, 0.15) is 0 Å². The number of aryl methyl sites for hydroxylation is 1. The molecule has 4 atom stereocenters. The van der Waals surface area contributed by atoms with Gasteiger partial charge in [-0.3, -0.25) is 0 Å². The van der Waals surface area contributed by atoms with Gasteiger partial charge in [-0.05, 0) is 25.5 Å². The van der Waals surface area contributed by atoms with E-state index in [4.69, 9.17) is 9.47 Å². The van der Waals surface area contributed by atoms with Gasteiger partial charge in [-0.15, -0.1) is 0 Å². The van der Waals surface area contributed by atoms with E-state index < -0.39 is 22.4 Å². The normalized spacial score (nSPS) is 33.3. The van der Waals surface area contributed by atoms with Gasteiger partial charge in [0.05, 0.1) is 23.6 Å². The van der Waals surface area contributed by atoms with Gasteiger partial charge < -0.3 is 9.47 Å². The third kappa shape index (κ3) is 2.78. The number of fused-ring (bicyclic) bond motifs is 2. The molecule has 2 heterocycles. The molecule has 7 heteroatoms. The van der Waals surface area contributed by atoms with E-state index in [-0.39, 0.29) is 15.8 Å². The van der Waals surface area contributed by atoms with Crippen LogP contribution in [0.5, 0.6) is 0 Å². The quantitative estimate of drug-likeness (QED) is 0.829. The molecule has 1 aromatic carbocycles. The Morgan fingerprint density at radius 3 is 2.70 bits per heavy atom. The van der Waals surface area contributed by atoms with Gasteiger partial charge in [0.2, 0.25) is 10.0 Å². The molecule has 5 nitrogen and oxygen atoms in total. The fourth-order valence-corrected chi connectivity index (χ4v) is 4.68. The summed E-state index contributed by atoms with van der Waals surface area (Å²) in [6, 6.07) is 6.34. The van der Waals surface area contributed by atoms with Gasteiger partial charge in [0.25, 0.3) is 0 Å². The van der Waals surface area contributed by atoms with Gasteiger partial charge in [0, 0.05) is 4.83 Å². The molecule has 0 spiro atoms. The number of halogens is 1.